The van der Waals surface area contributed by atoms with Crippen LogP contribution in [0.3, 0.4) is 0 Å². The lowest BCUT2D eigenvalue weighted by atomic mass is 9.98. The van der Waals surface area contributed by atoms with Crippen molar-refractivity contribution >= 4 is 22.5 Å². The van der Waals surface area contributed by atoms with Crippen molar-refractivity contribution in [2.24, 2.45) is 0 Å². The van der Waals surface area contributed by atoms with E-state index in [9.17, 15) is 9.59 Å². The highest BCUT2D eigenvalue weighted by Crippen LogP contribution is 2.36. The predicted octanol–water partition coefficient (Wildman–Crippen LogP) is 4.65. The van der Waals surface area contributed by atoms with E-state index >= 15 is 0 Å². The van der Waals surface area contributed by atoms with Crippen molar-refractivity contribution < 1.29 is 4.79 Å². The maximum absolute atomic E-state index is 13.6. The number of carbonyl (C=O) groups is 1. The van der Waals surface area contributed by atoms with E-state index < -0.39 is 0 Å². The average Bonchev–Trinajstić information content (AvgIpc) is 2.87. The van der Waals surface area contributed by atoms with Gasteiger partial charge in [0.1, 0.15) is 5.56 Å². The Labute approximate surface area is 205 Å². The molecule has 35 heavy (non-hydrogen) atoms. The summed E-state index contributed by atoms with van der Waals surface area (Å²) >= 11 is 0. The van der Waals surface area contributed by atoms with E-state index in [2.05, 4.69) is 38.8 Å². The second kappa shape index (κ2) is 9.15. The molecule has 5 nitrogen and oxygen atoms in total. The summed E-state index contributed by atoms with van der Waals surface area (Å²) in [6, 6.07) is 22.0. The molecule has 0 radical (unpaired) electrons. The van der Waals surface area contributed by atoms with Crippen LogP contribution in [0.1, 0.15) is 45.6 Å². The lowest BCUT2D eigenvalue weighted by Gasteiger charge is -2.36. The molecule has 1 aliphatic rings. The molecule has 1 aromatic heterocycles. The Morgan fingerprint density at radius 1 is 1.09 bits per heavy atom. The number of rotatable bonds is 4. The molecular weight excluding hydrogens is 434 g/mol. The van der Waals surface area contributed by atoms with Crippen molar-refractivity contribution in [2.75, 3.05) is 18.5 Å². The molecule has 1 aliphatic heterocycles. The van der Waals surface area contributed by atoms with Gasteiger partial charge in [0.05, 0.1) is 17.2 Å². The fraction of sp³-hybridized carbons (Fsp3) is 0.200. The number of nitrogens with zero attached hydrogens (tertiary/aromatic N) is 2. The Morgan fingerprint density at radius 2 is 1.83 bits per heavy atom. The van der Waals surface area contributed by atoms with Gasteiger partial charge in [-0.05, 0) is 37.1 Å². The first-order chi connectivity index (χ1) is 17.0. The topological polar surface area (TPSA) is 54.3 Å². The second-order valence-electron chi connectivity index (χ2n) is 9.02. The summed E-state index contributed by atoms with van der Waals surface area (Å²) in [6.07, 6.45) is 1.73. The zero-order valence-corrected chi connectivity index (χ0v) is 20.1. The molecule has 0 aliphatic carbocycles. The third-order valence-electron chi connectivity index (χ3n) is 6.57. The van der Waals surface area contributed by atoms with E-state index in [1.165, 1.54) is 0 Å². The number of pyridine rings is 1. The van der Waals surface area contributed by atoms with E-state index in [0.29, 0.717) is 18.5 Å². The summed E-state index contributed by atoms with van der Waals surface area (Å²) in [7, 11) is 2.03. The van der Waals surface area contributed by atoms with Crippen LogP contribution >= 0.6 is 0 Å². The Bertz CT molecular complexity index is 1540. The first-order valence-electron chi connectivity index (χ1n) is 11.7. The molecule has 0 saturated heterocycles. The number of benzene rings is 3. The third-order valence-corrected chi connectivity index (χ3v) is 6.57. The van der Waals surface area contributed by atoms with Gasteiger partial charge < -0.3 is 14.8 Å². The molecular formula is C30H27N3O2. The van der Waals surface area contributed by atoms with Crippen molar-refractivity contribution in [1.29, 1.82) is 0 Å². The monoisotopic (exact) mass is 461 g/mol. The van der Waals surface area contributed by atoms with Gasteiger partial charge in [-0.1, -0.05) is 66.1 Å². The Kier molecular flexibility index (Phi) is 5.88. The molecule has 1 amide bonds. The van der Waals surface area contributed by atoms with Crippen LogP contribution in [-0.2, 0) is 6.54 Å². The van der Waals surface area contributed by atoms with Gasteiger partial charge in [0.15, 0.2) is 0 Å². The van der Waals surface area contributed by atoms with Gasteiger partial charge in [0.25, 0.3) is 5.91 Å². The van der Waals surface area contributed by atoms with E-state index in [0.717, 1.165) is 33.5 Å². The molecule has 0 fully saturated rings. The minimum absolute atomic E-state index is 0.0384. The summed E-state index contributed by atoms with van der Waals surface area (Å²) in [5, 5.41) is 3.45. The van der Waals surface area contributed by atoms with Gasteiger partial charge in [-0.2, -0.15) is 0 Å². The number of aromatic nitrogens is 1. The molecule has 1 unspecified atom stereocenters. The number of hydrogen-bond donors (Lipinski definition) is 1. The van der Waals surface area contributed by atoms with Gasteiger partial charge >= 0.3 is 0 Å². The largest absolute Gasteiger partial charge is 0.370 e. The number of carbonyl (C=O) groups excluding carboxylic acids is 1. The molecule has 3 aromatic carbocycles. The van der Waals surface area contributed by atoms with E-state index in [4.69, 9.17) is 0 Å². The fourth-order valence-electron chi connectivity index (χ4n) is 4.76. The number of anilines is 1. The average molecular weight is 462 g/mol. The maximum Gasteiger partial charge on any atom is 0.257 e. The third kappa shape index (κ3) is 4.20. The minimum Gasteiger partial charge on any atom is -0.370 e. The normalized spacial score (nSPS) is 14.4. The van der Waals surface area contributed by atoms with Crippen LogP contribution < -0.4 is 15.6 Å². The van der Waals surface area contributed by atoms with Crippen LogP contribution in [0.15, 0.2) is 77.7 Å². The molecule has 174 valence electrons. The quantitative estimate of drug-likeness (QED) is 0.450. The van der Waals surface area contributed by atoms with Crippen LogP contribution in [-0.4, -0.2) is 24.1 Å². The fourth-order valence-corrected chi connectivity index (χ4v) is 4.76. The molecule has 5 heteroatoms. The lowest BCUT2D eigenvalue weighted by molar-refractivity contribution is 0.0949. The summed E-state index contributed by atoms with van der Waals surface area (Å²) in [5.74, 6) is 5.63. The second-order valence-corrected chi connectivity index (χ2v) is 9.02. The summed E-state index contributed by atoms with van der Waals surface area (Å²) < 4.78 is 2.09. The highest BCUT2D eigenvalue weighted by atomic mass is 16.2. The highest BCUT2D eigenvalue weighted by Gasteiger charge is 2.28. The molecule has 1 atom stereocenters. The molecule has 1 N–H and O–H groups in total. The van der Waals surface area contributed by atoms with Crippen LogP contribution in [0, 0.1) is 18.8 Å². The van der Waals surface area contributed by atoms with Crippen LogP contribution in [0.4, 0.5) is 5.69 Å². The predicted molar refractivity (Wildman–Crippen MR) is 141 cm³/mol. The summed E-state index contributed by atoms with van der Waals surface area (Å²) in [4.78, 5) is 29.1. The van der Waals surface area contributed by atoms with Crippen molar-refractivity contribution in [3.8, 4) is 11.8 Å². The number of nitrogens with one attached hydrogen (secondary N) is 1. The number of amides is 1. The van der Waals surface area contributed by atoms with Crippen molar-refractivity contribution in [3.05, 3.63) is 111 Å². The van der Waals surface area contributed by atoms with Crippen molar-refractivity contribution in [3.63, 3.8) is 0 Å². The SMILES string of the molecule is CC#Cc1cc2c3c(c1)c(=O)c(C(=O)NCc1ccc(C)cc1)cn3C(c1ccccc1)CN2C. The molecule has 0 saturated carbocycles. The van der Waals surface area contributed by atoms with Gasteiger partial charge in [-0.3, -0.25) is 9.59 Å². The molecule has 2 heterocycles. The Balaban J connectivity index is 1.66. The highest BCUT2D eigenvalue weighted by molar-refractivity contribution is 6.01. The zero-order chi connectivity index (χ0) is 24.5. The Hall–Kier alpha value is -4.30. The van der Waals surface area contributed by atoms with Gasteiger partial charge in [0, 0.05) is 37.3 Å². The van der Waals surface area contributed by atoms with Crippen molar-refractivity contribution in [2.45, 2.75) is 26.4 Å². The van der Waals surface area contributed by atoms with Gasteiger partial charge in [0.2, 0.25) is 5.43 Å². The van der Waals surface area contributed by atoms with Gasteiger partial charge in [-0.15, -0.1) is 5.92 Å². The molecule has 5 rings (SSSR count). The number of aryl methyl sites for hydroxylation is 1. The van der Waals surface area contributed by atoms with E-state index in [-0.39, 0.29) is 22.9 Å². The minimum atomic E-state index is -0.375. The summed E-state index contributed by atoms with van der Waals surface area (Å²) in [6.45, 7) is 4.87. The van der Waals surface area contributed by atoms with Gasteiger partial charge in [-0.25, -0.2) is 0 Å². The Morgan fingerprint density at radius 3 is 2.54 bits per heavy atom. The number of likely N-dealkylation sites (N-methyl/N-ethyl adjacent to an activating group) is 1. The van der Waals surface area contributed by atoms with E-state index in [1.54, 1.807) is 13.1 Å². The summed E-state index contributed by atoms with van der Waals surface area (Å²) in [5.41, 5.74) is 5.66. The first-order valence-corrected chi connectivity index (χ1v) is 11.7. The molecule has 0 spiro atoms. The van der Waals surface area contributed by atoms with E-state index in [1.807, 2.05) is 68.6 Å². The maximum atomic E-state index is 13.6. The number of hydrogen-bond acceptors (Lipinski definition) is 3. The lowest BCUT2D eigenvalue weighted by Crippen LogP contribution is -2.36. The van der Waals surface area contributed by atoms with Crippen LogP contribution in [0.2, 0.25) is 0 Å². The zero-order valence-electron chi connectivity index (χ0n) is 20.1. The first kappa shape index (κ1) is 22.5. The van der Waals surface area contributed by atoms with Crippen molar-refractivity contribution in [1.82, 2.24) is 9.88 Å². The van der Waals surface area contributed by atoms with Crippen LogP contribution in [0.25, 0.3) is 10.9 Å². The standard InChI is InChI=1S/C30H27N3O2/c1-4-8-22-15-24-28-26(16-22)32(3)19-27(23-9-6-5-7-10-23)33(28)18-25(29(24)34)30(35)31-17-21-13-11-20(2)12-14-21/h5-7,9-16,18,27H,17,19H2,1-3H3,(H,31,35). The molecule has 4 aromatic rings. The molecule has 0 bridgehead atoms. The van der Waals surface area contributed by atoms with Crippen LogP contribution in [0.5, 0.6) is 0 Å². The smallest absolute Gasteiger partial charge is 0.257 e.